The number of rotatable bonds is 5. The molecule has 2 rings (SSSR count). The lowest BCUT2D eigenvalue weighted by atomic mass is 9.69. The van der Waals surface area contributed by atoms with Crippen LogP contribution in [0.2, 0.25) is 10.0 Å². The molecule has 170 valence electrons. The summed E-state index contributed by atoms with van der Waals surface area (Å²) >= 11 is 25.9. The molecule has 0 radical (unpaired) electrons. The monoisotopic (exact) mass is 505 g/mol. The summed E-state index contributed by atoms with van der Waals surface area (Å²) in [6.45, 7) is 9.25. The van der Waals surface area contributed by atoms with Crippen LogP contribution in [0.1, 0.15) is 52.5 Å². The first kappa shape index (κ1) is 25.7. The van der Waals surface area contributed by atoms with Crippen LogP contribution in [0.5, 0.6) is 0 Å². The van der Waals surface area contributed by atoms with Gasteiger partial charge in [0.15, 0.2) is 0 Å². The van der Waals surface area contributed by atoms with Crippen LogP contribution in [0.15, 0.2) is 17.2 Å². The lowest BCUT2D eigenvalue weighted by Crippen LogP contribution is -2.56. The molecular formula is C20H26Cl4F3N3. The third kappa shape index (κ3) is 4.92. The lowest BCUT2D eigenvalue weighted by Gasteiger charge is -2.50. The highest BCUT2D eigenvalue weighted by Gasteiger charge is 2.55. The van der Waals surface area contributed by atoms with E-state index >= 15 is 0 Å². The molecule has 1 N–H and O–H groups in total. The van der Waals surface area contributed by atoms with Crippen LogP contribution >= 0.6 is 46.4 Å². The van der Waals surface area contributed by atoms with Crippen molar-refractivity contribution in [3.05, 3.63) is 27.7 Å². The second-order valence-electron chi connectivity index (χ2n) is 7.78. The fourth-order valence-corrected chi connectivity index (χ4v) is 5.08. The van der Waals surface area contributed by atoms with Crippen LogP contribution in [0, 0.1) is 11.3 Å². The smallest absolute Gasteiger partial charge is 0.359 e. The van der Waals surface area contributed by atoms with Crippen molar-refractivity contribution in [3.63, 3.8) is 0 Å². The fourth-order valence-electron chi connectivity index (χ4n) is 3.93. The number of amidine groups is 1. The molecule has 30 heavy (non-hydrogen) atoms. The Bertz CT molecular complexity index is 771. The van der Waals surface area contributed by atoms with Crippen molar-refractivity contribution in [2.75, 3.05) is 18.5 Å². The van der Waals surface area contributed by atoms with Gasteiger partial charge in [-0.15, -0.1) is 23.2 Å². The molecule has 1 aromatic carbocycles. The Morgan fingerprint density at radius 3 is 2.20 bits per heavy atom. The van der Waals surface area contributed by atoms with E-state index in [1.54, 1.807) is 0 Å². The van der Waals surface area contributed by atoms with E-state index in [9.17, 15) is 13.2 Å². The molecule has 0 heterocycles. The summed E-state index contributed by atoms with van der Waals surface area (Å²) in [5.41, 5.74) is 1.27. The summed E-state index contributed by atoms with van der Waals surface area (Å²) in [6, 6.07) is 1.64. The van der Waals surface area contributed by atoms with Gasteiger partial charge in [-0.3, -0.25) is 5.43 Å². The Hall–Kier alpha value is -0.560. The number of hydrazone groups is 1. The summed E-state index contributed by atoms with van der Waals surface area (Å²) in [4.78, 5) is 2.02. The number of nitrogens with one attached hydrogen (secondary N) is 1. The molecule has 0 spiro atoms. The molecule has 1 aliphatic rings. The first-order valence-electron chi connectivity index (χ1n) is 9.82. The van der Waals surface area contributed by atoms with Crippen molar-refractivity contribution in [3.8, 4) is 0 Å². The molecule has 0 amide bonds. The normalized spacial score (nSPS) is 24.6. The second-order valence-corrected chi connectivity index (χ2v) is 9.98. The fraction of sp³-hybridized carbons (Fsp3) is 0.650. The number of hydrogen-bond acceptors (Lipinski definition) is 2. The van der Waals surface area contributed by atoms with Crippen molar-refractivity contribution < 1.29 is 13.2 Å². The molecule has 1 aliphatic carbocycles. The number of halogens is 7. The van der Waals surface area contributed by atoms with Gasteiger partial charge in [-0.2, -0.15) is 18.3 Å². The number of anilines is 1. The SMILES string of the molecule is CCN(CC)/C(=N\Nc1c(Cl)cc(C(F)(F)F)cc1Cl)C1(C)CCCC(C)C1(Cl)Cl. The molecular weight excluding hydrogens is 481 g/mol. The van der Waals surface area contributed by atoms with E-state index in [-0.39, 0.29) is 21.7 Å². The zero-order valence-corrected chi connectivity index (χ0v) is 20.3. The van der Waals surface area contributed by atoms with E-state index < -0.39 is 21.5 Å². The standard InChI is InChI=1S/C20H26Cl4F3N3/c1-5-30(6-2)17(18(4)9-7-8-12(3)19(18,23)24)29-28-16-14(21)10-13(11-15(16)22)20(25,26)27/h10-12,28H,5-9H2,1-4H3/b29-17-. The van der Waals surface area contributed by atoms with Gasteiger partial charge >= 0.3 is 6.18 Å². The van der Waals surface area contributed by atoms with Crippen LogP contribution in [-0.2, 0) is 6.18 Å². The van der Waals surface area contributed by atoms with Gasteiger partial charge < -0.3 is 4.90 Å². The van der Waals surface area contributed by atoms with Crippen molar-refractivity contribution in [1.29, 1.82) is 0 Å². The Morgan fingerprint density at radius 1 is 1.20 bits per heavy atom. The Balaban J connectivity index is 2.52. The van der Waals surface area contributed by atoms with Gasteiger partial charge in [0.25, 0.3) is 0 Å². The molecule has 0 saturated heterocycles. The maximum atomic E-state index is 13.0. The minimum Gasteiger partial charge on any atom is -0.359 e. The van der Waals surface area contributed by atoms with E-state index in [0.29, 0.717) is 18.9 Å². The maximum Gasteiger partial charge on any atom is 0.416 e. The molecule has 0 bridgehead atoms. The first-order valence-corrected chi connectivity index (χ1v) is 11.3. The van der Waals surface area contributed by atoms with Crippen molar-refractivity contribution in [2.45, 2.75) is 57.5 Å². The van der Waals surface area contributed by atoms with E-state index in [4.69, 9.17) is 46.4 Å². The van der Waals surface area contributed by atoms with E-state index in [1.807, 2.05) is 32.6 Å². The minimum absolute atomic E-state index is 0.0404. The quantitative estimate of drug-likeness (QED) is 0.189. The first-order chi connectivity index (χ1) is 13.8. The molecule has 10 heteroatoms. The summed E-state index contributed by atoms with van der Waals surface area (Å²) < 4.78 is 37.9. The largest absolute Gasteiger partial charge is 0.416 e. The number of alkyl halides is 5. The van der Waals surface area contributed by atoms with Crippen LogP contribution in [0.3, 0.4) is 0 Å². The second kappa shape index (κ2) is 9.51. The predicted molar refractivity (Wildman–Crippen MR) is 121 cm³/mol. The summed E-state index contributed by atoms with van der Waals surface area (Å²) in [7, 11) is 0. The number of benzene rings is 1. The van der Waals surface area contributed by atoms with Crippen LogP contribution < -0.4 is 5.43 Å². The Kier molecular flexibility index (Phi) is 8.15. The van der Waals surface area contributed by atoms with Gasteiger partial charge in [0, 0.05) is 13.1 Å². The highest BCUT2D eigenvalue weighted by atomic mass is 35.5. The lowest BCUT2D eigenvalue weighted by molar-refractivity contribution is -0.137. The molecule has 2 atom stereocenters. The molecule has 1 saturated carbocycles. The van der Waals surface area contributed by atoms with Crippen LogP contribution in [-0.4, -0.2) is 28.2 Å². The van der Waals surface area contributed by atoms with Gasteiger partial charge in [0.1, 0.15) is 10.2 Å². The zero-order chi connectivity index (χ0) is 22.9. The number of hydrogen-bond donors (Lipinski definition) is 1. The van der Waals surface area contributed by atoms with Gasteiger partial charge in [0.2, 0.25) is 0 Å². The molecule has 2 unspecified atom stereocenters. The van der Waals surface area contributed by atoms with Gasteiger partial charge in [0.05, 0.1) is 26.7 Å². The highest BCUT2D eigenvalue weighted by Crippen LogP contribution is 2.55. The Morgan fingerprint density at radius 2 is 1.73 bits per heavy atom. The molecule has 3 nitrogen and oxygen atoms in total. The van der Waals surface area contributed by atoms with E-state index in [2.05, 4.69) is 10.5 Å². The predicted octanol–water partition coefficient (Wildman–Crippen LogP) is 8.08. The molecule has 1 aromatic rings. The maximum absolute atomic E-state index is 13.0. The minimum atomic E-state index is -4.55. The van der Waals surface area contributed by atoms with E-state index in [0.717, 1.165) is 31.4 Å². The summed E-state index contributed by atoms with van der Waals surface area (Å²) in [5, 5.41) is 4.19. The summed E-state index contributed by atoms with van der Waals surface area (Å²) in [6.07, 6.45) is -2.00. The third-order valence-corrected chi connectivity index (χ3v) is 8.04. The highest BCUT2D eigenvalue weighted by molar-refractivity contribution is 6.50. The Labute approximate surface area is 195 Å². The molecule has 1 fully saturated rings. The molecule has 0 aromatic heterocycles. The van der Waals surface area contributed by atoms with Crippen LogP contribution in [0.25, 0.3) is 0 Å². The average molecular weight is 507 g/mol. The molecule has 0 aliphatic heterocycles. The zero-order valence-electron chi connectivity index (χ0n) is 17.3. The van der Waals surface area contributed by atoms with Crippen LogP contribution in [0.4, 0.5) is 18.9 Å². The van der Waals surface area contributed by atoms with Crippen molar-refractivity contribution in [1.82, 2.24) is 4.90 Å². The van der Waals surface area contributed by atoms with E-state index in [1.165, 1.54) is 0 Å². The van der Waals surface area contributed by atoms with Gasteiger partial charge in [-0.1, -0.05) is 36.5 Å². The topological polar surface area (TPSA) is 27.6 Å². The average Bonchev–Trinajstić information content (AvgIpc) is 2.64. The third-order valence-electron chi connectivity index (χ3n) is 5.87. The van der Waals surface area contributed by atoms with Gasteiger partial charge in [-0.25, -0.2) is 0 Å². The van der Waals surface area contributed by atoms with Crippen molar-refractivity contribution >= 4 is 57.9 Å². The van der Waals surface area contributed by atoms with Gasteiger partial charge in [-0.05, 0) is 51.7 Å². The van der Waals surface area contributed by atoms with Crippen molar-refractivity contribution in [2.24, 2.45) is 16.4 Å². The summed E-state index contributed by atoms with van der Waals surface area (Å²) in [5.74, 6) is 0.662. The number of nitrogens with zero attached hydrogens (tertiary/aromatic N) is 2.